The Bertz CT molecular complexity index is 333. The molecule has 4 heteroatoms. The molecule has 0 bridgehead atoms. The molecule has 1 rings (SSSR count). The van der Waals surface area contributed by atoms with Gasteiger partial charge in [-0.3, -0.25) is 9.78 Å². The maximum absolute atomic E-state index is 11.5. The fourth-order valence-corrected chi connectivity index (χ4v) is 1.20. The fourth-order valence-electron chi connectivity index (χ4n) is 1.20. The van der Waals surface area contributed by atoms with Gasteiger partial charge >= 0.3 is 0 Å². The Balaban J connectivity index is 2.85. The van der Waals surface area contributed by atoms with Crippen LogP contribution in [0.4, 0.5) is 0 Å². The third kappa shape index (κ3) is 2.76. The molecule has 0 radical (unpaired) electrons. The number of aliphatic hydroxyl groups excluding tert-OH is 1. The van der Waals surface area contributed by atoms with Crippen molar-refractivity contribution in [2.75, 3.05) is 14.1 Å². The largest absolute Gasteiger partial charge is 0.387 e. The van der Waals surface area contributed by atoms with E-state index in [1.807, 2.05) is 6.92 Å². The third-order valence-electron chi connectivity index (χ3n) is 2.17. The minimum Gasteiger partial charge on any atom is -0.387 e. The Labute approximate surface area is 89.6 Å². The smallest absolute Gasteiger partial charge is 0.254 e. The molecule has 1 unspecified atom stereocenters. The van der Waals surface area contributed by atoms with Crippen LogP contribution in [0.2, 0.25) is 0 Å². The van der Waals surface area contributed by atoms with E-state index in [0.717, 1.165) is 0 Å². The van der Waals surface area contributed by atoms with Crippen molar-refractivity contribution in [3.63, 3.8) is 0 Å². The molecule has 0 saturated carbocycles. The Morgan fingerprint density at radius 1 is 1.53 bits per heavy atom. The monoisotopic (exact) mass is 208 g/mol. The van der Waals surface area contributed by atoms with E-state index in [4.69, 9.17) is 0 Å². The predicted octanol–water partition coefficient (Wildman–Crippen LogP) is 1.23. The summed E-state index contributed by atoms with van der Waals surface area (Å²) in [5.41, 5.74) is 1.14. The topological polar surface area (TPSA) is 53.4 Å². The first-order chi connectivity index (χ1) is 7.06. The second-order valence-electron chi connectivity index (χ2n) is 3.60. The molecular formula is C11H16N2O2. The lowest BCUT2D eigenvalue weighted by atomic mass is 10.1. The van der Waals surface area contributed by atoms with Gasteiger partial charge in [-0.25, -0.2) is 0 Å². The first kappa shape index (κ1) is 11.7. The van der Waals surface area contributed by atoms with E-state index < -0.39 is 6.10 Å². The lowest BCUT2D eigenvalue weighted by Gasteiger charge is -2.11. The molecule has 0 aliphatic carbocycles. The Morgan fingerprint density at radius 2 is 2.20 bits per heavy atom. The van der Waals surface area contributed by atoms with Gasteiger partial charge in [-0.05, 0) is 18.6 Å². The highest BCUT2D eigenvalue weighted by atomic mass is 16.3. The van der Waals surface area contributed by atoms with Gasteiger partial charge in [0.1, 0.15) is 0 Å². The molecule has 1 aromatic rings. The van der Waals surface area contributed by atoms with Crippen LogP contribution in [0.3, 0.4) is 0 Å². The summed E-state index contributed by atoms with van der Waals surface area (Å²) < 4.78 is 0. The van der Waals surface area contributed by atoms with Crippen molar-refractivity contribution in [1.82, 2.24) is 9.88 Å². The van der Waals surface area contributed by atoms with Crippen LogP contribution in [0.5, 0.6) is 0 Å². The summed E-state index contributed by atoms with van der Waals surface area (Å²) in [6.07, 6.45) is 1.57. The molecule has 82 valence electrons. The minimum absolute atomic E-state index is 0.0833. The van der Waals surface area contributed by atoms with Gasteiger partial charge in [-0.15, -0.1) is 0 Å². The van der Waals surface area contributed by atoms with E-state index in [9.17, 15) is 9.90 Å². The van der Waals surface area contributed by atoms with Gasteiger partial charge < -0.3 is 10.0 Å². The number of hydrogen-bond donors (Lipinski definition) is 1. The summed E-state index contributed by atoms with van der Waals surface area (Å²) in [6.45, 7) is 1.88. The second-order valence-corrected chi connectivity index (χ2v) is 3.60. The van der Waals surface area contributed by atoms with Crippen molar-refractivity contribution < 1.29 is 9.90 Å². The standard InChI is InChI=1S/C11H16N2O2/c1-4-10(14)9-6-5-8(7-12-9)11(15)13(2)3/h5-7,10,14H,4H2,1-3H3. The van der Waals surface area contributed by atoms with Gasteiger partial charge in [0, 0.05) is 20.3 Å². The molecule has 1 aromatic heterocycles. The van der Waals surface area contributed by atoms with Crippen LogP contribution in [0, 0.1) is 0 Å². The molecular weight excluding hydrogens is 192 g/mol. The Kier molecular flexibility index (Phi) is 3.80. The molecule has 1 atom stereocenters. The number of nitrogens with zero attached hydrogens (tertiary/aromatic N) is 2. The summed E-state index contributed by atoms with van der Waals surface area (Å²) in [5, 5.41) is 9.51. The zero-order chi connectivity index (χ0) is 11.4. The van der Waals surface area contributed by atoms with Gasteiger partial charge in [-0.2, -0.15) is 0 Å². The van der Waals surface area contributed by atoms with E-state index in [1.54, 1.807) is 26.2 Å². The lowest BCUT2D eigenvalue weighted by molar-refractivity contribution is 0.0827. The van der Waals surface area contributed by atoms with Crippen molar-refractivity contribution in [3.05, 3.63) is 29.6 Å². The minimum atomic E-state index is -0.548. The highest BCUT2D eigenvalue weighted by molar-refractivity contribution is 5.93. The molecule has 0 aromatic carbocycles. The van der Waals surface area contributed by atoms with Crippen molar-refractivity contribution >= 4 is 5.91 Å². The molecule has 0 fully saturated rings. The van der Waals surface area contributed by atoms with Crippen LogP contribution >= 0.6 is 0 Å². The highest BCUT2D eigenvalue weighted by Crippen LogP contribution is 2.13. The molecule has 1 amide bonds. The summed E-state index contributed by atoms with van der Waals surface area (Å²) in [7, 11) is 3.38. The summed E-state index contributed by atoms with van der Waals surface area (Å²) in [5.74, 6) is -0.0833. The van der Waals surface area contributed by atoms with E-state index >= 15 is 0 Å². The van der Waals surface area contributed by atoms with Gasteiger partial charge in [0.15, 0.2) is 0 Å². The summed E-state index contributed by atoms with van der Waals surface area (Å²) >= 11 is 0. The van der Waals surface area contributed by atoms with Crippen LogP contribution in [0.25, 0.3) is 0 Å². The van der Waals surface area contributed by atoms with Gasteiger partial charge in [0.25, 0.3) is 5.91 Å². The van der Waals surface area contributed by atoms with Crippen molar-refractivity contribution in [3.8, 4) is 0 Å². The van der Waals surface area contributed by atoms with Gasteiger partial charge in [-0.1, -0.05) is 6.92 Å². The van der Waals surface area contributed by atoms with Crippen molar-refractivity contribution in [1.29, 1.82) is 0 Å². The first-order valence-corrected chi connectivity index (χ1v) is 4.92. The molecule has 1 N–H and O–H groups in total. The molecule has 4 nitrogen and oxygen atoms in total. The van der Waals surface area contributed by atoms with Crippen LogP contribution in [0.15, 0.2) is 18.3 Å². The Hall–Kier alpha value is -1.42. The van der Waals surface area contributed by atoms with E-state index in [-0.39, 0.29) is 5.91 Å². The average Bonchev–Trinajstić information content (AvgIpc) is 2.27. The van der Waals surface area contributed by atoms with E-state index in [2.05, 4.69) is 4.98 Å². The number of pyridine rings is 1. The van der Waals surface area contributed by atoms with Crippen LogP contribution in [-0.4, -0.2) is 35.0 Å². The maximum Gasteiger partial charge on any atom is 0.254 e. The number of amides is 1. The predicted molar refractivity (Wildman–Crippen MR) is 57.5 cm³/mol. The van der Waals surface area contributed by atoms with Gasteiger partial charge in [0.05, 0.1) is 17.4 Å². The van der Waals surface area contributed by atoms with E-state index in [0.29, 0.717) is 17.7 Å². The van der Waals surface area contributed by atoms with Crippen molar-refractivity contribution in [2.24, 2.45) is 0 Å². The van der Waals surface area contributed by atoms with Gasteiger partial charge in [0.2, 0.25) is 0 Å². The summed E-state index contributed by atoms with van der Waals surface area (Å²) in [6, 6.07) is 3.37. The maximum atomic E-state index is 11.5. The molecule has 15 heavy (non-hydrogen) atoms. The highest BCUT2D eigenvalue weighted by Gasteiger charge is 2.10. The number of carbonyl (C=O) groups is 1. The van der Waals surface area contributed by atoms with Crippen LogP contribution in [-0.2, 0) is 0 Å². The number of rotatable bonds is 3. The zero-order valence-corrected chi connectivity index (χ0v) is 9.27. The van der Waals surface area contributed by atoms with Crippen LogP contribution < -0.4 is 0 Å². The second kappa shape index (κ2) is 4.89. The SMILES string of the molecule is CCC(O)c1ccc(C(=O)N(C)C)cn1. The van der Waals surface area contributed by atoms with E-state index in [1.165, 1.54) is 11.1 Å². The fraction of sp³-hybridized carbons (Fsp3) is 0.455. The quantitative estimate of drug-likeness (QED) is 0.812. The first-order valence-electron chi connectivity index (χ1n) is 4.92. The zero-order valence-electron chi connectivity index (χ0n) is 9.27. The lowest BCUT2D eigenvalue weighted by Crippen LogP contribution is -2.21. The van der Waals surface area contributed by atoms with Crippen LogP contribution in [0.1, 0.15) is 35.5 Å². The Morgan fingerprint density at radius 3 is 2.60 bits per heavy atom. The molecule has 0 aliphatic heterocycles. The molecule has 0 spiro atoms. The molecule has 0 aliphatic rings. The number of aromatic nitrogens is 1. The third-order valence-corrected chi connectivity index (χ3v) is 2.17. The molecule has 1 heterocycles. The normalized spacial score (nSPS) is 12.3. The van der Waals surface area contributed by atoms with Crippen molar-refractivity contribution in [2.45, 2.75) is 19.4 Å². The number of carbonyl (C=O) groups excluding carboxylic acids is 1. The average molecular weight is 208 g/mol. The summed E-state index contributed by atoms with van der Waals surface area (Å²) in [4.78, 5) is 17.1. The number of hydrogen-bond acceptors (Lipinski definition) is 3. The molecule has 0 saturated heterocycles. The number of aliphatic hydroxyl groups is 1.